The number of carboxylic acid groups (broad SMARTS) is 1. The standard InChI is InChI=1S/C27H33N9O3/c1-3-4-9-25-30-24(16-29-23(27(38)39)14-15-28-18(2)37)33-36(25)17-19-10-12-20(13-11-19)21-7-5-6-8-22(21)26-31-34-35-32-26/h5-8,10-13,23,29H,3-4,9,14-17H2,1-2H3,(H,28,37)(H,38,39)(H,31,32,34,35)/t23-/m0/s1. The summed E-state index contributed by atoms with van der Waals surface area (Å²) in [5, 5.41) is 34.3. The minimum Gasteiger partial charge on any atom is -0.480 e. The number of carboxylic acids is 1. The fourth-order valence-corrected chi connectivity index (χ4v) is 4.24. The minimum absolute atomic E-state index is 0.190. The van der Waals surface area contributed by atoms with Crippen LogP contribution in [-0.2, 0) is 29.1 Å². The molecule has 0 unspecified atom stereocenters. The van der Waals surface area contributed by atoms with Crippen molar-refractivity contribution in [1.82, 2.24) is 46.0 Å². The summed E-state index contributed by atoms with van der Waals surface area (Å²) in [4.78, 5) is 27.4. The van der Waals surface area contributed by atoms with Crippen LogP contribution >= 0.6 is 0 Å². The average Bonchev–Trinajstić information content (AvgIpc) is 3.60. The number of aryl methyl sites for hydroxylation is 1. The van der Waals surface area contributed by atoms with Gasteiger partial charge in [0.25, 0.3) is 0 Å². The molecule has 1 amide bonds. The summed E-state index contributed by atoms with van der Waals surface area (Å²) < 4.78 is 1.89. The molecule has 12 heteroatoms. The van der Waals surface area contributed by atoms with Crippen LogP contribution in [0.25, 0.3) is 22.5 Å². The number of aromatic amines is 1. The Morgan fingerprint density at radius 2 is 1.87 bits per heavy atom. The first-order valence-electron chi connectivity index (χ1n) is 13.0. The number of aliphatic carboxylic acids is 1. The number of benzene rings is 2. The number of carbonyl (C=O) groups is 2. The summed E-state index contributed by atoms with van der Waals surface area (Å²) in [5.41, 5.74) is 4.00. The van der Waals surface area contributed by atoms with Gasteiger partial charge in [-0.25, -0.2) is 9.67 Å². The third-order valence-electron chi connectivity index (χ3n) is 6.27. The summed E-state index contributed by atoms with van der Waals surface area (Å²) >= 11 is 0. The maximum atomic E-state index is 11.6. The first-order valence-corrected chi connectivity index (χ1v) is 13.0. The smallest absolute Gasteiger partial charge is 0.320 e. The van der Waals surface area contributed by atoms with Crippen LogP contribution < -0.4 is 10.6 Å². The fraction of sp³-hybridized carbons (Fsp3) is 0.370. The lowest BCUT2D eigenvalue weighted by Crippen LogP contribution is -2.39. The summed E-state index contributed by atoms with van der Waals surface area (Å²) in [6.07, 6.45) is 3.05. The van der Waals surface area contributed by atoms with Gasteiger partial charge in [0, 0.05) is 25.5 Å². The number of amides is 1. The molecule has 2 heterocycles. The van der Waals surface area contributed by atoms with Crippen LogP contribution in [0.15, 0.2) is 48.5 Å². The van der Waals surface area contributed by atoms with Gasteiger partial charge in [0.05, 0.1) is 13.1 Å². The fourth-order valence-electron chi connectivity index (χ4n) is 4.24. The zero-order valence-corrected chi connectivity index (χ0v) is 22.1. The molecule has 0 aliphatic rings. The van der Waals surface area contributed by atoms with E-state index in [1.165, 1.54) is 6.92 Å². The molecular formula is C27H33N9O3. The van der Waals surface area contributed by atoms with Crippen molar-refractivity contribution in [3.05, 3.63) is 65.7 Å². The number of unbranched alkanes of at least 4 members (excludes halogenated alkanes) is 1. The lowest BCUT2D eigenvalue weighted by Gasteiger charge is -2.13. The van der Waals surface area contributed by atoms with E-state index in [2.05, 4.69) is 67.5 Å². The molecule has 2 aromatic carbocycles. The van der Waals surface area contributed by atoms with Crippen LogP contribution in [0.2, 0.25) is 0 Å². The summed E-state index contributed by atoms with van der Waals surface area (Å²) in [5.74, 6) is 0.776. The van der Waals surface area contributed by atoms with Crippen molar-refractivity contribution in [3.63, 3.8) is 0 Å². The second-order valence-electron chi connectivity index (χ2n) is 9.23. The van der Waals surface area contributed by atoms with E-state index >= 15 is 0 Å². The van der Waals surface area contributed by atoms with Crippen molar-refractivity contribution in [2.75, 3.05) is 6.54 Å². The van der Waals surface area contributed by atoms with Crippen molar-refractivity contribution in [2.24, 2.45) is 0 Å². The number of hydrogen-bond donors (Lipinski definition) is 4. The number of tetrazole rings is 1. The van der Waals surface area contributed by atoms with Crippen molar-refractivity contribution >= 4 is 11.9 Å². The van der Waals surface area contributed by atoms with Gasteiger partial charge in [-0.05, 0) is 34.7 Å². The van der Waals surface area contributed by atoms with Gasteiger partial charge in [-0.2, -0.15) is 10.3 Å². The summed E-state index contributed by atoms with van der Waals surface area (Å²) in [6, 6.07) is 15.4. The van der Waals surface area contributed by atoms with Gasteiger partial charge >= 0.3 is 5.97 Å². The molecule has 0 saturated heterocycles. The third-order valence-corrected chi connectivity index (χ3v) is 6.27. The Morgan fingerprint density at radius 1 is 1.10 bits per heavy atom. The molecule has 39 heavy (non-hydrogen) atoms. The van der Waals surface area contributed by atoms with Crippen molar-refractivity contribution in [1.29, 1.82) is 0 Å². The molecule has 0 spiro atoms. The molecule has 12 nitrogen and oxygen atoms in total. The van der Waals surface area contributed by atoms with E-state index in [1.54, 1.807) is 0 Å². The molecule has 4 N–H and O–H groups in total. The molecular weight excluding hydrogens is 498 g/mol. The molecule has 0 fully saturated rings. The molecule has 0 aliphatic heterocycles. The number of aromatic nitrogens is 7. The number of rotatable bonds is 14. The van der Waals surface area contributed by atoms with Crippen LogP contribution in [0.3, 0.4) is 0 Å². The van der Waals surface area contributed by atoms with Crippen LogP contribution in [0, 0.1) is 0 Å². The van der Waals surface area contributed by atoms with E-state index in [4.69, 9.17) is 4.98 Å². The van der Waals surface area contributed by atoms with E-state index in [0.29, 0.717) is 18.2 Å². The Kier molecular flexibility index (Phi) is 9.46. The highest BCUT2D eigenvalue weighted by Gasteiger charge is 2.19. The first kappa shape index (κ1) is 27.6. The zero-order valence-electron chi connectivity index (χ0n) is 22.1. The third kappa shape index (κ3) is 7.54. The van der Waals surface area contributed by atoms with Gasteiger partial charge in [0.15, 0.2) is 5.82 Å². The zero-order chi connectivity index (χ0) is 27.6. The Bertz CT molecular complexity index is 1370. The van der Waals surface area contributed by atoms with E-state index in [0.717, 1.165) is 47.3 Å². The molecule has 2 aromatic heterocycles. The quantitative estimate of drug-likeness (QED) is 0.191. The largest absolute Gasteiger partial charge is 0.480 e. The SMILES string of the molecule is CCCCc1nc(CN[C@@H](CCNC(C)=O)C(=O)O)nn1Cc1ccc(-c2ccccc2-c2nn[nH]n2)cc1. The van der Waals surface area contributed by atoms with Gasteiger partial charge < -0.3 is 10.4 Å². The summed E-state index contributed by atoms with van der Waals surface area (Å²) in [6.45, 7) is 4.57. The van der Waals surface area contributed by atoms with Crippen LogP contribution in [0.5, 0.6) is 0 Å². The molecule has 204 valence electrons. The second kappa shape index (κ2) is 13.4. The normalized spacial score (nSPS) is 11.8. The highest BCUT2D eigenvalue weighted by atomic mass is 16.4. The molecule has 0 bridgehead atoms. The Balaban J connectivity index is 1.47. The number of hydrogen-bond acceptors (Lipinski definition) is 8. The van der Waals surface area contributed by atoms with Crippen LogP contribution in [-0.4, -0.2) is 65.0 Å². The highest BCUT2D eigenvalue weighted by Crippen LogP contribution is 2.29. The van der Waals surface area contributed by atoms with Crippen molar-refractivity contribution < 1.29 is 14.7 Å². The number of carbonyl (C=O) groups excluding carboxylic acids is 1. The Hall–Kier alpha value is -4.45. The van der Waals surface area contributed by atoms with Gasteiger partial charge in [0.2, 0.25) is 11.7 Å². The monoisotopic (exact) mass is 531 g/mol. The predicted octanol–water partition coefficient (Wildman–Crippen LogP) is 2.59. The highest BCUT2D eigenvalue weighted by molar-refractivity contribution is 5.80. The molecule has 4 aromatic rings. The van der Waals surface area contributed by atoms with Crippen LogP contribution in [0.1, 0.15) is 50.3 Å². The van der Waals surface area contributed by atoms with Crippen molar-refractivity contribution in [3.8, 4) is 22.5 Å². The Morgan fingerprint density at radius 3 is 2.54 bits per heavy atom. The van der Waals surface area contributed by atoms with E-state index < -0.39 is 12.0 Å². The Labute approximate surface area is 226 Å². The number of H-pyrrole nitrogens is 1. The lowest BCUT2D eigenvalue weighted by atomic mass is 9.98. The predicted molar refractivity (Wildman–Crippen MR) is 144 cm³/mol. The van der Waals surface area contributed by atoms with Gasteiger partial charge in [-0.15, -0.1) is 10.2 Å². The minimum atomic E-state index is -0.980. The molecule has 0 aliphatic carbocycles. The molecule has 4 rings (SSSR count). The molecule has 0 saturated carbocycles. The van der Waals surface area contributed by atoms with Gasteiger partial charge in [-0.3, -0.25) is 14.9 Å². The maximum absolute atomic E-state index is 11.6. The van der Waals surface area contributed by atoms with E-state index in [-0.39, 0.29) is 25.4 Å². The lowest BCUT2D eigenvalue weighted by molar-refractivity contribution is -0.139. The van der Waals surface area contributed by atoms with Gasteiger partial charge in [0.1, 0.15) is 11.9 Å². The van der Waals surface area contributed by atoms with E-state index in [9.17, 15) is 14.7 Å². The topological polar surface area (TPSA) is 164 Å². The van der Waals surface area contributed by atoms with E-state index in [1.807, 2.05) is 28.9 Å². The van der Waals surface area contributed by atoms with Crippen LogP contribution in [0.4, 0.5) is 0 Å². The molecule has 1 atom stereocenters. The van der Waals surface area contributed by atoms with Crippen molar-refractivity contribution in [2.45, 2.75) is 58.7 Å². The summed E-state index contributed by atoms with van der Waals surface area (Å²) in [7, 11) is 0. The van der Waals surface area contributed by atoms with Gasteiger partial charge in [-0.1, -0.05) is 61.9 Å². The number of nitrogens with zero attached hydrogens (tertiary/aromatic N) is 6. The average molecular weight is 532 g/mol. The second-order valence-corrected chi connectivity index (χ2v) is 9.23. The maximum Gasteiger partial charge on any atom is 0.320 e. The molecule has 0 radical (unpaired) electrons. The number of nitrogens with one attached hydrogen (secondary N) is 3. The first-order chi connectivity index (χ1) is 18.9.